The number of ether oxygens (including phenoxy) is 1. The monoisotopic (exact) mass is 310 g/mol. The normalized spacial score (nSPS) is 10.9. The smallest absolute Gasteiger partial charge is 0.143 e. The fourth-order valence-electron chi connectivity index (χ4n) is 2.50. The van der Waals surface area contributed by atoms with Crippen molar-refractivity contribution in [2.24, 2.45) is 0 Å². The van der Waals surface area contributed by atoms with Gasteiger partial charge < -0.3 is 15.0 Å². The number of hydrogen-bond donors (Lipinski definition) is 2. The Morgan fingerprint density at radius 1 is 1.17 bits per heavy atom. The van der Waals surface area contributed by atoms with Crippen LogP contribution in [-0.4, -0.2) is 21.6 Å². The molecule has 0 atom stereocenters. The standard InChI is InChI=1S/C18H22N4O/c1-4-5-10-23-16-9-7-6-8-15(16)22-18-14-11-12(2)19-17(14)20-13(3)21-18/h6-9,11H,4-5,10H2,1-3H3,(H2,19,20,21,22). The van der Waals surface area contributed by atoms with Crippen molar-refractivity contribution >= 4 is 22.5 Å². The van der Waals surface area contributed by atoms with Crippen LogP contribution in [0.15, 0.2) is 30.3 Å². The average molecular weight is 310 g/mol. The number of unbranched alkanes of at least 4 members (excludes halogenated alkanes) is 1. The molecule has 0 aliphatic rings. The zero-order valence-corrected chi connectivity index (χ0v) is 13.8. The van der Waals surface area contributed by atoms with E-state index >= 15 is 0 Å². The Bertz CT molecular complexity index is 810. The summed E-state index contributed by atoms with van der Waals surface area (Å²) in [6.45, 7) is 6.78. The molecule has 1 aromatic carbocycles. The van der Waals surface area contributed by atoms with Crippen LogP contribution in [0.1, 0.15) is 31.3 Å². The number of anilines is 2. The number of fused-ring (bicyclic) bond motifs is 1. The Hall–Kier alpha value is -2.56. The SMILES string of the molecule is CCCCOc1ccccc1Nc1nc(C)nc2[nH]c(C)cc12. The van der Waals surface area contributed by atoms with Gasteiger partial charge >= 0.3 is 0 Å². The van der Waals surface area contributed by atoms with Crippen LogP contribution in [0.25, 0.3) is 11.0 Å². The molecule has 5 nitrogen and oxygen atoms in total. The summed E-state index contributed by atoms with van der Waals surface area (Å²) in [6.07, 6.45) is 2.16. The second-order valence-corrected chi connectivity index (χ2v) is 5.66. The van der Waals surface area contributed by atoms with Gasteiger partial charge in [0.1, 0.15) is 23.0 Å². The highest BCUT2D eigenvalue weighted by atomic mass is 16.5. The molecule has 5 heteroatoms. The second kappa shape index (κ2) is 6.69. The Morgan fingerprint density at radius 2 is 2.00 bits per heavy atom. The third-order valence-corrected chi connectivity index (χ3v) is 3.63. The number of nitrogens with one attached hydrogen (secondary N) is 2. The van der Waals surface area contributed by atoms with Crippen molar-refractivity contribution in [2.45, 2.75) is 33.6 Å². The molecule has 2 aromatic heterocycles. The zero-order valence-electron chi connectivity index (χ0n) is 13.8. The summed E-state index contributed by atoms with van der Waals surface area (Å²) >= 11 is 0. The molecule has 0 saturated heterocycles. The summed E-state index contributed by atoms with van der Waals surface area (Å²) in [5.41, 5.74) is 2.83. The predicted molar refractivity (Wildman–Crippen MR) is 93.5 cm³/mol. The van der Waals surface area contributed by atoms with E-state index in [0.29, 0.717) is 0 Å². The zero-order chi connectivity index (χ0) is 16.2. The molecule has 0 fully saturated rings. The maximum atomic E-state index is 5.88. The van der Waals surface area contributed by atoms with Crippen LogP contribution in [0.5, 0.6) is 5.75 Å². The number of nitrogens with zero attached hydrogens (tertiary/aromatic N) is 2. The number of rotatable bonds is 6. The van der Waals surface area contributed by atoms with Gasteiger partial charge in [0.2, 0.25) is 0 Å². The van der Waals surface area contributed by atoms with Gasteiger partial charge in [-0.15, -0.1) is 0 Å². The molecule has 23 heavy (non-hydrogen) atoms. The summed E-state index contributed by atoms with van der Waals surface area (Å²) in [7, 11) is 0. The van der Waals surface area contributed by atoms with Crippen LogP contribution in [0.4, 0.5) is 11.5 Å². The van der Waals surface area contributed by atoms with Crippen molar-refractivity contribution < 1.29 is 4.74 Å². The number of H-pyrrole nitrogens is 1. The predicted octanol–water partition coefficient (Wildman–Crippen LogP) is 4.50. The molecule has 3 aromatic rings. The summed E-state index contributed by atoms with van der Waals surface area (Å²) in [6, 6.07) is 10.0. The summed E-state index contributed by atoms with van der Waals surface area (Å²) in [4.78, 5) is 12.3. The number of benzene rings is 1. The Kier molecular flexibility index (Phi) is 4.46. The first-order valence-electron chi connectivity index (χ1n) is 8.00. The molecule has 2 N–H and O–H groups in total. The molecular formula is C18H22N4O. The molecule has 0 bridgehead atoms. The summed E-state index contributed by atoms with van der Waals surface area (Å²) < 4.78 is 5.88. The minimum absolute atomic E-state index is 0.719. The first-order chi connectivity index (χ1) is 11.2. The van der Waals surface area contributed by atoms with E-state index in [1.807, 2.05) is 38.1 Å². The van der Waals surface area contributed by atoms with E-state index in [1.54, 1.807) is 0 Å². The quantitative estimate of drug-likeness (QED) is 0.658. The molecule has 0 radical (unpaired) electrons. The third-order valence-electron chi connectivity index (χ3n) is 3.63. The van der Waals surface area contributed by atoms with Crippen LogP contribution in [0.3, 0.4) is 0 Å². The Labute approximate surface area is 136 Å². The molecular weight excluding hydrogens is 288 g/mol. The van der Waals surface area contributed by atoms with Gasteiger partial charge in [-0.25, -0.2) is 9.97 Å². The van der Waals surface area contributed by atoms with Gasteiger partial charge in [-0.1, -0.05) is 25.5 Å². The molecule has 0 saturated carbocycles. The summed E-state index contributed by atoms with van der Waals surface area (Å²) in [5.74, 6) is 2.37. The van der Waals surface area contributed by atoms with Gasteiger partial charge in [0.05, 0.1) is 17.7 Å². The number of para-hydroxylation sites is 2. The van der Waals surface area contributed by atoms with Crippen LogP contribution in [0.2, 0.25) is 0 Å². The number of aryl methyl sites for hydroxylation is 2. The largest absolute Gasteiger partial charge is 0.491 e. The lowest BCUT2D eigenvalue weighted by Gasteiger charge is -2.13. The maximum absolute atomic E-state index is 5.88. The van der Waals surface area contributed by atoms with Gasteiger partial charge in [0.25, 0.3) is 0 Å². The lowest BCUT2D eigenvalue weighted by atomic mass is 10.2. The topological polar surface area (TPSA) is 62.8 Å². The number of hydrogen-bond acceptors (Lipinski definition) is 4. The molecule has 0 aliphatic heterocycles. The van der Waals surface area contributed by atoms with Gasteiger partial charge in [0, 0.05) is 5.69 Å². The van der Waals surface area contributed by atoms with Crippen LogP contribution in [-0.2, 0) is 0 Å². The number of aromatic nitrogens is 3. The Morgan fingerprint density at radius 3 is 2.83 bits per heavy atom. The van der Waals surface area contributed by atoms with Crippen LogP contribution < -0.4 is 10.1 Å². The van der Waals surface area contributed by atoms with Crippen molar-refractivity contribution in [3.8, 4) is 5.75 Å². The van der Waals surface area contributed by atoms with Crippen molar-refractivity contribution in [3.05, 3.63) is 41.9 Å². The minimum Gasteiger partial charge on any atom is -0.491 e. The molecule has 0 amide bonds. The average Bonchev–Trinajstić information content (AvgIpc) is 2.89. The minimum atomic E-state index is 0.719. The fraction of sp³-hybridized carbons (Fsp3) is 0.333. The van der Waals surface area contributed by atoms with E-state index in [1.165, 1.54) is 0 Å². The van der Waals surface area contributed by atoms with Gasteiger partial charge in [-0.05, 0) is 38.5 Å². The molecule has 2 heterocycles. The highest BCUT2D eigenvalue weighted by molar-refractivity contribution is 5.90. The summed E-state index contributed by atoms with van der Waals surface area (Å²) in [5, 5.41) is 4.38. The molecule has 0 unspecified atom stereocenters. The van der Waals surface area contributed by atoms with E-state index in [9.17, 15) is 0 Å². The fourth-order valence-corrected chi connectivity index (χ4v) is 2.50. The highest BCUT2D eigenvalue weighted by Gasteiger charge is 2.11. The van der Waals surface area contributed by atoms with E-state index in [2.05, 4.69) is 33.3 Å². The number of aromatic amines is 1. The first kappa shape index (κ1) is 15.3. The molecule has 0 aliphatic carbocycles. The molecule has 0 spiro atoms. The third kappa shape index (κ3) is 3.44. The van der Waals surface area contributed by atoms with Crippen LogP contribution in [0, 0.1) is 13.8 Å². The van der Waals surface area contributed by atoms with Crippen molar-refractivity contribution in [1.29, 1.82) is 0 Å². The second-order valence-electron chi connectivity index (χ2n) is 5.66. The lowest BCUT2D eigenvalue weighted by molar-refractivity contribution is 0.311. The Balaban J connectivity index is 1.93. The lowest BCUT2D eigenvalue weighted by Crippen LogP contribution is -2.02. The van der Waals surface area contributed by atoms with Gasteiger partial charge in [-0.3, -0.25) is 0 Å². The molecule has 120 valence electrons. The maximum Gasteiger partial charge on any atom is 0.143 e. The van der Waals surface area contributed by atoms with E-state index in [4.69, 9.17) is 4.74 Å². The van der Waals surface area contributed by atoms with Crippen molar-refractivity contribution in [3.63, 3.8) is 0 Å². The van der Waals surface area contributed by atoms with Crippen molar-refractivity contribution in [1.82, 2.24) is 15.0 Å². The van der Waals surface area contributed by atoms with Crippen molar-refractivity contribution in [2.75, 3.05) is 11.9 Å². The van der Waals surface area contributed by atoms with Gasteiger partial charge in [-0.2, -0.15) is 0 Å². The van der Waals surface area contributed by atoms with E-state index in [-0.39, 0.29) is 0 Å². The van der Waals surface area contributed by atoms with Gasteiger partial charge in [0.15, 0.2) is 0 Å². The first-order valence-corrected chi connectivity index (χ1v) is 8.00. The van der Waals surface area contributed by atoms with Crippen LogP contribution >= 0.6 is 0 Å². The molecule has 3 rings (SSSR count). The highest BCUT2D eigenvalue weighted by Crippen LogP contribution is 2.30. The van der Waals surface area contributed by atoms with E-state index < -0.39 is 0 Å². The van der Waals surface area contributed by atoms with E-state index in [0.717, 1.165) is 59.3 Å².